The van der Waals surface area contributed by atoms with E-state index >= 15 is 0 Å². The molecule has 1 heterocycles. The van der Waals surface area contributed by atoms with Gasteiger partial charge in [-0.05, 0) is 12.1 Å². The average molecular weight is 208 g/mol. The first-order valence-electron chi connectivity index (χ1n) is 3.82. The molecule has 0 bridgehead atoms. The zero-order valence-electron chi connectivity index (χ0n) is 7.05. The fraction of sp³-hybridized carbons (Fsp3) is 0.375. The number of rotatable bonds is 2. The normalized spacial score (nSPS) is 14.1. The van der Waals surface area contributed by atoms with Gasteiger partial charge in [0.05, 0.1) is 11.3 Å². The first kappa shape index (κ1) is 10.9. The molecule has 0 fully saturated rings. The molecule has 2 nitrogen and oxygen atoms in total. The average Bonchev–Trinajstić information content (AvgIpc) is 2.15. The van der Waals surface area contributed by atoms with Crippen LogP contribution in [0.3, 0.4) is 0 Å². The van der Waals surface area contributed by atoms with Gasteiger partial charge in [0, 0.05) is 12.7 Å². The third-order valence-corrected chi connectivity index (χ3v) is 1.64. The van der Waals surface area contributed by atoms with Gasteiger partial charge in [-0.15, -0.1) is 0 Å². The molecule has 1 rings (SSSR count). The van der Waals surface area contributed by atoms with E-state index in [-0.39, 0.29) is 12.2 Å². The smallest absolute Gasteiger partial charge is 0.327 e. The van der Waals surface area contributed by atoms with Crippen LogP contribution in [0.4, 0.5) is 17.6 Å². The predicted octanol–water partition coefficient (Wildman–Crippen LogP) is 2.07. The summed E-state index contributed by atoms with van der Waals surface area (Å²) in [6.07, 6.45) is -5.37. The SMILES string of the molecule is NCC(F)c1ccc(C(F)(F)F)cn1. The Morgan fingerprint density at radius 2 is 2.00 bits per heavy atom. The summed E-state index contributed by atoms with van der Waals surface area (Å²) >= 11 is 0. The van der Waals surface area contributed by atoms with Gasteiger partial charge < -0.3 is 5.73 Å². The molecule has 1 unspecified atom stereocenters. The molecule has 0 aromatic carbocycles. The van der Waals surface area contributed by atoms with Crippen LogP contribution >= 0.6 is 0 Å². The first-order valence-corrected chi connectivity index (χ1v) is 3.82. The summed E-state index contributed by atoms with van der Waals surface area (Å²) in [5, 5.41) is 0. The van der Waals surface area contributed by atoms with Crippen molar-refractivity contribution in [2.45, 2.75) is 12.3 Å². The minimum atomic E-state index is -4.44. The topological polar surface area (TPSA) is 38.9 Å². The van der Waals surface area contributed by atoms with Crippen LogP contribution in [0.2, 0.25) is 0 Å². The van der Waals surface area contributed by atoms with Crippen LogP contribution in [0.25, 0.3) is 0 Å². The van der Waals surface area contributed by atoms with Gasteiger partial charge in [-0.2, -0.15) is 13.2 Å². The Morgan fingerprint density at radius 1 is 1.36 bits per heavy atom. The van der Waals surface area contributed by atoms with Crippen LogP contribution in [0.5, 0.6) is 0 Å². The lowest BCUT2D eigenvalue weighted by Crippen LogP contribution is -2.11. The van der Waals surface area contributed by atoms with Gasteiger partial charge >= 0.3 is 6.18 Å². The molecule has 0 aliphatic heterocycles. The van der Waals surface area contributed by atoms with Crippen molar-refractivity contribution in [1.82, 2.24) is 4.98 Å². The summed E-state index contributed by atoms with van der Waals surface area (Å²) < 4.78 is 49.0. The zero-order valence-corrected chi connectivity index (χ0v) is 7.05. The fourth-order valence-electron chi connectivity index (χ4n) is 0.879. The molecule has 78 valence electrons. The number of halogens is 4. The monoisotopic (exact) mass is 208 g/mol. The van der Waals surface area contributed by atoms with Crippen molar-refractivity contribution >= 4 is 0 Å². The Morgan fingerprint density at radius 3 is 2.36 bits per heavy atom. The van der Waals surface area contributed by atoms with E-state index in [2.05, 4.69) is 4.98 Å². The molecule has 6 heteroatoms. The van der Waals surface area contributed by atoms with Gasteiger partial charge in [-0.25, -0.2) is 4.39 Å². The van der Waals surface area contributed by atoms with Crippen molar-refractivity contribution in [2.75, 3.05) is 6.54 Å². The molecule has 0 aliphatic carbocycles. The number of nitrogens with zero attached hydrogens (tertiary/aromatic N) is 1. The van der Waals surface area contributed by atoms with E-state index in [9.17, 15) is 17.6 Å². The van der Waals surface area contributed by atoms with Crippen LogP contribution < -0.4 is 5.73 Å². The molecule has 0 amide bonds. The van der Waals surface area contributed by atoms with Gasteiger partial charge in [0.1, 0.15) is 0 Å². The molecule has 0 aliphatic rings. The van der Waals surface area contributed by atoms with E-state index in [1.165, 1.54) is 0 Å². The number of hydrogen-bond acceptors (Lipinski definition) is 2. The fourth-order valence-corrected chi connectivity index (χ4v) is 0.879. The number of aromatic nitrogens is 1. The number of hydrogen-bond donors (Lipinski definition) is 1. The molecule has 14 heavy (non-hydrogen) atoms. The molecular formula is C8H8F4N2. The molecule has 0 saturated carbocycles. The predicted molar refractivity (Wildman–Crippen MR) is 42.1 cm³/mol. The van der Waals surface area contributed by atoms with Crippen LogP contribution in [0, 0.1) is 0 Å². The quantitative estimate of drug-likeness (QED) is 0.755. The Hall–Kier alpha value is -1.17. The zero-order chi connectivity index (χ0) is 10.8. The summed E-state index contributed by atoms with van der Waals surface area (Å²) in [6.45, 7) is -0.293. The van der Waals surface area contributed by atoms with E-state index in [0.29, 0.717) is 6.20 Å². The van der Waals surface area contributed by atoms with Crippen LogP contribution in [-0.2, 0) is 6.18 Å². The third-order valence-electron chi connectivity index (χ3n) is 1.64. The summed E-state index contributed by atoms with van der Waals surface area (Å²) in [4.78, 5) is 3.34. The van der Waals surface area contributed by atoms with E-state index in [4.69, 9.17) is 5.73 Å². The molecule has 1 aromatic rings. The second-order valence-electron chi connectivity index (χ2n) is 2.67. The highest BCUT2D eigenvalue weighted by Crippen LogP contribution is 2.29. The summed E-state index contributed by atoms with van der Waals surface area (Å²) in [6, 6.07) is 1.77. The first-order chi connectivity index (χ1) is 6.45. The van der Waals surface area contributed by atoms with Gasteiger partial charge in [0.2, 0.25) is 0 Å². The lowest BCUT2D eigenvalue weighted by Gasteiger charge is -2.08. The van der Waals surface area contributed by atoms with E-state index in [1.54, 1.807) is 0 Å². The second kappa shape index (κ2) is 3.91. The van der Waals surface area contributed by atoms with Crippen molar-refractivity contribution in [1.29, 1.82) is 0 Å². The lowest BCUT2D eigenvalue weighted by molar-refractivity contribution is -0.137. The molecule has 0 radical (unpaired) electrons. The van der Waals surface area contributed by atoms with Gasteiger partial charge in [-0.3, -0.25) is 4.98 Å². The minimum Gasteiger partial charge on any atom is -0.327 e. The second-order valence-corrected chi connectivity index (χ2v) is 2.67. The van der Waals surface area contributed by atoms with Crippen LogP contribution in [0.1, 0.15) is 17.4 Å². The van der Waals surface area contributed by atoms with E-state index in [1.807, 2.05) is 0 Å². The number of pyridine rings is 1. The molecule has 1 aromatic heterocycles. The van der Waals surface area contributed by atoms with Crippen molar-refractivity contribution < 1.29 is 17.6 Å². The van der Waals surface area contributed by atoms with Gasteiger partial charge in [-0.1, -0.05) is 0 Å². The summed E-state index contributed by atoms with van der Waals surface area (Å²) in [5.74, 6) is 0. The number of nitrogens with two attached hydrogens (primary N) is 1. The largest absolute Gasteiger partial charge is 0.417 e. The Balaban J connectivity index is 2.89. The maximum absolute atomic E-state index is 12.8. The minimum absolute atomic E-state index is 0.0829. The maximum atomic E-state index is 12.8. The van der Waals surface area contributed by atoms with Crippen molar-refractivity contribution in [3.63, 3.8) is 0 Å². The molecule has 0 spiro atoms. The Bertz CT molecular complexity index is 293. The summed E-state index contributed by atoms with van der Waals surface area (Å²) in [5.41, 5.74) is 4.01. The maximum Gasteiger partial charge on any atom is 0.417 e. The lowest BCUT2D eigenvalue weighted by atomic mass is 10.2. The molecule has 0 saturated heterocycles. The van der Waals surface area contributed by atoms with Crippen molar-refractivity contribution in [2.24, 2.45) is 5.73 Å². The van der Waals surface area contributed by atoms with E-state index in [0.717, 1.165) is 12.1 Å². The Labute approximate surface area is 77.7 Å². The van der Waals surface area contributed by atoms with Crippen LogP contribution in [0.15, 0.2) is 18.3 Å². The highest BCUT2D eigenvalue weighted by molar-refractivity contribution is 5.18. The van der Waals surface area contributed by atoms with Crippen LogP contribution in [-0.4, -0.2) is 11.5 Å². The van der Waals surface area contributed by atoms with E-state index < -0.39 is 17.9 Å². The highest BCUT2D eigenvalue weighted by atomic mass is 19.4. The number of alkyl halides is 4. The van der Waals surface area contributed by atoms with Crippen molar-refractivity contribution in [3.8, 4) is 0 Å². The third kappa shape index (κ3) is 2.41. The summed E-state index contributed by atoms with van der Waals surface area (Å²) in [7, 11) is 0. The Kier molecular flexibility index (Phi) is 3.05. The van der Waals surface area contributed by atoms with Crippen molar-refractivity contribution in [3.05, 3.63) is 29.6 Å². The molecule has 1 atom stereocenters. The highest BCUT2D eigenvalue weighted by Gasteiger charge is 2.30. The standard InChI is InChI=1S/C8H8F4N2/c9-6(3-13)7-2-1-5(4-14-7)8(10,11)12/h1-2,4,6H,3,13H2. The molecule has 2 N–H and O–H groups in total. The van der Waals surface area contributed by atoms with Gasteiger partial charge in [0.25, 0.3) is 0 Å². The molecular weight excluding hydrogens is 200 g/mol. The van der Waals surface area contributed by atoms with Gasteiger partial charge in [0.15, 0.2) is 6.17 Å².